The second-order valence-electron chi connectivity index (χ2n) is 4.22. The molecule has 1 aromatic carbocycles. The highest BCUT2D eigenvalue weighted by atomic mass is 32.1. The number of aromatic nitrogens is 3. The maximum atomic E-state index is 4.24. The first kappa shape index (κ1) is 12.1. The van der Waals surface area contributed by atoms with Gasteiger partial charge in [-0.25, -0.2) is 9.97 Å². The van der Waals surface area contributed by atoms with E-state index in [4.69, 9.17) is 0 Å². The lowest BCUT2D eigenvalue weighted by Crippen LogP contribution is -2.12. The Kier molecular flexibility index (Phi) is 3.67. The van der Waals surface area contributed by atoms with Gasteiger partial charge in [-0.05, 0) is 17.7 Å². The molecule has 0 atom stereocenters. The minimum Gasteiger partial charge on any atom is -0.307 e. The number of imidazole rings is 1. The average molecular weight is 270 g/mol. The lowest BCUT2D eigenvalue weighted by Gasteiger charge is -2.05. The van der Waals surface area contributed by atoms with Crippen LogP contribution in [-0.2, 0) is 13.1 Å². The highest BCUT2D eigenvalue weighted by Crippen LogP contribution is 2.09. The average Bonchev–Trinajstić information content (AvgIpc) is 3.13. The Labute approximate surface area is 115 Å². The van der Waals surface area contributed by atoms with Gasteiger partial charge in [0.1, 0.15) is 0 Å². The highest BCUT2D eigenvalue weighted by molar-refractivity contribution is 7.07. The molecule has 3 rings (SSSR count). The van der Waals surface area contributed by atoms with Gasteiger partial charge in [0.25, 0.3) is 0 Å². The summed E-state index contributed by atoms with van der Waals surface area (Å²) in [5.41, 5.74) is 5.34. The molecule has 4 nitrogen and oxygen atoms in total. The standard InChI is InChI=1S/C14H14N4S/c1-3-14(18-6-5-15-10-18)4-2-12(1)7-16-8-13-9-19-11-17-13/h1-6,9-11,16H,7-8H2. The van der Waals surface area contributed by atoms with Crippen LogP contribution in [0.25, 0.3) is 5.69 Å². The quantitative estimate of drug-likeness (QED) is 0.775. The number of nitrogens with zero attached hydrogens (tertiary/aromatic N) is 3. The van der Waals surface area contributed by atoms with Gasteiger partial charge >= 0.3 is 0 Å². The Morgan fingerprint density at radius 3 is 2.74 bits per heavy atom. The highest BCUT2D eigenvalue weighted by Gasteiger charge is 1.98. The fourth-order valence-electron chi connectivity index (χ4n) is 1.86. The van der Waals surface area contributed by atoms with Crippen molar-refractivity contribution in [2.24, 2.45) is 0 Å². The van der Waals surface area contributed by atoms with E-state index < -0.39 is 0 Å². The van der Waals surface area contributed by atoms with Crippen molar-refractivity contribution in [1.29, 1.82) is 0 Å². The van der Waals surface area contributed by atoms with Crippen molar-refractivity contribution in [2.75, 3.05) is 0 Å². The number of rotatable bonds is 5. The molecule has 0 amide bonds. The molecule has 2 heterocycles. The minimum atomic E-state index is 0.812. The normalized spacial score (nSPS) is 10.7. The molecular formula is C14H14N4S. The van der Waals surface area contributed by atoms with Crippen LogP contribution in [0.2, 0.25) is 0 Å². The van der Waals surface area contributed by atoms with Crippen LogP contribution < -0.4 is 5.32 Å². The molecule has 0 spiro atoms. The topological polar surface area (TPSA) is 42.7 Å². The molecule has 0 aliphatic heterocycles. The number of thiazole rings is 1. The van der Waals surface area contributed by atoms with E-state index >= 15 is 0 Å². The lowest BCUT2D eigenvalue weighted by atomic mass is 10.2. The fourth-order valence-corrected chi connectivity index (χ4v) is 2.42. The van der Waals surface area contributed by atoms with Gasteiger partial charge < -0.3 is 9.88 Å². The third-order valence-corrected chi connectivity index (χ3v) is 3.49. The number of hydrogen-bond donors (Lipinski definition) is 1. The van der Waals surface area contributed by atoms with Crippen molar-refractivity contribution >= 4 is 11.3 Å². The molecule has 0 unspecified atom stereocenters. The molecule has 0 aliphatic carbocycles. The van der Waals surface area contributed by atoms with Gasteiger partial charge in [-0.15, -0.1) is 11.3 Å². The van der Waals surface area contributed by atoms with E-state index in [1.807, 2.05) is 16.3 Å². The van der Waals surface area contributed by atoms with Crippen LogP contribution >= 0.6 is 11.3 Å². The lowest BCUT2D eigenvalue weighted by molar-refractivity contribution is 0.682. The van der Waals surface area contributed by atoms with Gasteiger partial charge in [0.2, 0.25) is 0 Å². The Morgan fingerprint density at radius 1 is 1.16 bits per heavy atom. The Hall–Kier alpha value is -1.98. The summed E-state index contributed by atoms with van der Waals surface area (Å²) in [5, 5.41) is 5.45. The second kappa shape index (κ2) is 5.77. The molecule has 19 heavy (non-hydrogen) atoms. The van der Waals surface area contributed by atoms with Crippen LogP contribution in [0.5, 0.6) is 0 Å². The number of benzene rings is 1. The third-order valence-electron chi connectivity index (χ3n) is 2.86. The molecule has 1 N–H and O–H groups in total. The van der Waals surface area contributed by atoms with E-state index in [1.165, 1.54) is 5.56 Å². The maximum absolute atomic E-state index is 4.24. The molecule has 96 valence electrons. The molecule has 0 aliphatic rings. The third kappa shape index (κ3) is 3.07. The molecule has 0 radical (unpaired) electrons. The number of nitrogens with one attached hydrogen (secondary N) is 1. The van der Waals surface area contributed by atoms with E-state index in [2.05, 4.69) is 44.9 Å². The SMILES string of the molecule is c1cn(-c2ccc(CNCc3cscn3)cc2)cn1. The van der Waals surface area contributed by atoms with Crippen LogP contribution in [0.15, 0.2) is 53.9 Å². The zero-order chi connectivity index (χ0) is 12.9. The molecule has 5 heteroatoms. The first-order valence-corrected chi connectivity index (χ1v) is 7.01. The summed E-state index contributed by atoms with van der Waals surface area (Å²) >= 11 is 1.63. The van der Waals surface area contributed by atoms with Crippen LogP contribution in [-0.4, -0.2) is 14.5 Å². The Morgan fingerprint density at radius 2 is 2.05 bits per heavy atom. The van der Waals surface area contributed by atoms with Crippen molar-refractivity contribution in [2.45, 2.75) is 13.1 Å². The van der Waals surface area contributed by atoms with E-state index in [0.717, 1.165) is 24.5 Å². The predicted octanol–water partition coefficient (Wildman–Crippen LogP) is 2.62. The van der Waals surface area contributed by atoms with Crippen LogP contribution in [0.4, 0.5) is 0 Å². The first-order valence-electron chi connectivity index (χ1n) is 6.07. The van der Waals surface area contributed by atoms with Gasteiger partial charge in [-0.3, -0.25) is 0 Å². The monoisotopic (exact) mass is 270 g/mol. The van der Waals surface area contributed by atoms with Gasteiger partial charge in [0.15, 0.2) is 0 Å². The van der Waals surface area contributed by atoms with E-state index in [9.17, 15) is 0 Å². The van der Waals surface area contributed by atoms with Crippen molar-refractivity contribution < 1.29 is 0 Å². The van der Waals surface area contributed by atoms with E-state index in [-0.39, 0.29) is 0 Å². The molecule has 0 saturated heterocycles. The second-order valence-corrected chi connectivity index (χ2v) is 4.94. The smallest absolute Gasteiger partial charge is 0.0991 e. The Bertz CT molecular complexity index is 599. The first-order chi connectivity index (χ1) is 9.42. The van der Waals surface area contributed by atoms with Gasteiger partial charge in [-0.1, -0.05) is 12.1 Å². The molecule has 0 bridgehead atoms. The number of hydrogen-bond acceptors (Lipinski definition) is 4. The summed E-state index contributed by atoms with van der Waals surface area (Å²) in [7, 11) is 0. The van der Waals surface area contributed by atoms with Crippen LogP contribution in [0.3, 0.4) is 0 Å². The zero-order valence-corrected chi connectivity index (χ0v) is 11.2. The fraction of sp³-hybridized carbons (Fsp3) is 0.143. The van der Waals surface area contributed by atoms with Crippen molar-refractivity contribution in [3.8, 4) is 5.69 Å². The van der Waals surface area contributed by atoms with Gasteiger partial charge in [0.05, 0.1) is 17.5 Å². The van der Waals surface area contributed by atoms with Gasteiger partial charge in [0, 0.05) is 36.6 Å². The van der Waals surface area contributed by atoms with Crippen molar-refractivity contribution in [3.05, 3.63) is 65.1 Å². The summed E-state index contributed by atoms with van der Waals surface area (Å²) < 4.78 is 1.99. The minimum absolute atomic E-state index is 0.812. The Balaban J connectivity index is 1.57. The molecule has 0 saturated carbocycles. The zero-order valence-electron chi connectivity index (χ0n) is 10.4. The van der Waals surface area contributed by atoms with Gasteiger partial charge in [-0.2, -0.15) is 0 Å². The predicted molar refractivity (Wildman–Crippen MR) is 76.2 cm³/mol. The summed E-state index contributed by atoms with van der Waals surface area (Å²) in [6, 6.07) is 8.45. The summed E-state index contributed by atoms with van der Waals surface area (Å²) in [6.45, 7) is 1.66. The van der Waals surface area contributed by atoms with E-state index in [0.29, 0.717) is 0 Å². The maximum Gasteiger partial charge on any atom is 0.0991 e. The molecule has 2 aromatic heterocycles. The summed E-state index contributed by atoms with van der Waals surface area (Å²) in [4.78, 5) is 8.28. The largest absolute Gasteiger partial charge is 0.307 e. The van der Waals surface area contributed by atoms with Crippen molar-refractivity contribution in [1.82, 2.24) is 19.9 Å². The van der Waals surface area contributed by atoms with Crippen molar-refractivity contribution in [3.63, 3.8) is 0 Å². The van der Waals surface area contributed by atoms with E-state index in [1.54, 1.807) is 23.9 Å². The molecular weight excluding hydrogens is 256 g/mol. The molecule has 3 aromatic rings. The van der Waals surface area contributed by atoms with Crippen LogP contribution in [0.1, 0.15) is 11.3 Å². The van der Waals surface area contributed by atoms with Crippen LogP contribution in [0, 0.1) is 0 Å². The summed E-state index contributed by atoms with van der Waals surface area (Å²) in [6.07, 6.45) is 5.52. The summed E-state index contributed by atoms with van der Waals surface area (Å²) in [5.74, 6) is 0. The molecule has 0 fully saturated rings.